The second kappa shape index (κ2) is 5.48. The SMILES string of the molecule is O=C(O)c1ncc2c(c1O)CCC(=O)N2Cc1ccccc1. The molecule has 0 atom stereocenters. The number of amides is 1. The first-order chi connectivity index (χ1) is 10.6. The van der Waals surface area contributed by atoms with E-state index in [4.69, 9.17) is 5.11 Å². The first kappa shape index (κ1) is 14.1. The van der Waals surface area contributed by atoms with Gasteiger partial charge in [-0.25, -0.2) is 9.78 Å². The van der Waals surface area contributed by atoms with Gasteiger partial charge in [0.25, 0.3) is 0 Å². The fourth-order valence-electron chi connectivity index (χ4n) is 2.61. The topological polar surface area (TPSA) is 90.7 Å². The minimum atomic E-state index is -1.29. The molecule has 0 aliphatic carbocycles. The Morgan fingerprint density at radius 1 is 1.23 bits per heavy atom. The molecule has 22 heavy (non-hydrogen) atoms. The van der Waals surface area contributed by atoms with E-state index in [2.05, 4.69) is 4.98 Å². The molecule has 0 spiro atoms. The lowest BCUT2D eigenvalue weighted by Gasteiger charge is -2.29. The number of hydrogen-bond donors (Lipinski definition) is 2. The quantitative estimate of drug-likeness (QED) is 0.904. The molecule has 6 nitrogen and oxygen atoms in total. The number of carboxylic acid groups (broad SMARTS) is 1. The number of carboxylic acids is 1. The average molecular weight is 298 g/mol. The number of aromatic hydroxyl groups is 1. The molecule has 2 N–H and O–H groups in total. The Bertz CT molecular complexity index is 743. The van der Waals surface area contributed by atoms with Crippen LogP contribution in [-0.2, 0) is 17.8 Å². The monoisotopic (exact) mass is 298 g/mol. The molecule has 1 aromatic heterocycles. The Kier molecular flexibility index (Phi) is 3.50. The van der Waals surface area contributed by atoms with E-state index in [1.165, 1.54) is 11.1 Å². The molecule has 0 bridgehead atoms. The number of carbonyl (C=O) groups is 2. The number of pyridine rings is 1. The predicted octanol–water partition coefficient (Wildman–Crippen LogP) is 1.96. The number of nitrogens with zero attached hydrogens (tertiary/aromatic N) is 2. The maximum atomic E-state index is 12.2. The summed E-state index contributed by atoms with van der Waals surface area (Å²) in [5.74, 6) is -1.71. The van der Waals surface area contributed by atoms with Gasteiger partial charge in [0.05, 0.1) is 18.4 Å². The Balaban J connectivity index is 2.02. The van der Waals surface area contributed by atoms with Crippen molar-refractivity contribution in [2.45, 2.75) is 19.4 Å². The van der Waals surface area contributed by atoms with E-state index in [0.717, 1.165) is 5.56 Å². The molecular weight excluding hydrogens is 284 g/mol. The van der Waals surface area contributed by atoms with Crippen molar-refractivity contribution in [2.24, 2.45) is 0 Å². The van der Waals surface area contributed by atoms with Crippen LogP contribution in [0.3, 0.4) is 0 Å². The summed E-state index contributed by atoms with van der Waals surface area (Å²) in [5, 5.41) is 19.1. The van der Waals surface area contributed by atoms with Crippen LogP contribution in [0.15, 0.2) is 36.5 Å². The molecule has 0 saturated heterocycles. The van der Waals surface area contributed by atoms with Gasteiger partial charge in [-0.1, -0.05) is 30.3 Å². The number of benzene rings is 1. The van der Waals surface area contributed by atoms with E-state index in [1.807, 2.05) is 30.3 Å². The van der Waals surface area contributed by atoms with Crippen molar-refractivity contribution >= 4 is 17.6 Å². The molecular formula is C16H14N2O4. The average Bonchev–Trinajstić information content (AvgIpc) is 2.51. The third-order valence-corrected chi connectivity index (χ3v) is 3.70. The van der Waals surface area contributed by atoms with Crippen molar-refractivity contribution in [1.29, 1.82) is 0 Å². The molecule has 2 aromatic rings. The Labute approximate surface area is 126 Å². The third-order valence-electron chi connectivity index (χ3n) is 3.70. The summed E-state index contributed by atoms with van der Waals surface area (Å²) in [5.41, 5.74) is 1.50. The van der Waals surface area contributed by atoms with Gasteiger partial charge in [-0.2, -0.15) is 0 Å². The highest BCUT2D eigenvalue weighted by Gasteiger charge is 2.29. The fraction of sp³-hybridized carbons (Fsp3) is 0.188. The Morgan fingerprint density at radius 3 is 2.64 bits per heavy atom. The number of anilines is 1. The second-order valence-corrected chi connectivity index (χ2v) is 5.09. The van der Waals surface area contributed by atoms with Gasteiger partial charge in [0.2, 0.25) is 5.91 Å². The van der Waals surface area contributed by atoms with Gasteiger partial charge < -0.3 is 15.1 Å². The molecule has 2 heterocycles. The standard InChI is InChI=1S/C16H14N2O4/c19-13-7-6-11-12(8-17-14(15(11)20)16(21)22)18(13)9-10-4-2-1-3-5-10/h1-5,8,20H,6-7,9H2,(H,21,22). The van der Waals surface area contributed by atoms with Gasteiger partial charge in [0.1, 0.15) is 0 Å². The van der Waals surface area contributed by atoms with Crippen molar-refractivity contribution in [3.63, 3.8) is 0 Å². The molecule has 0 saturated carbocycles. The summed E-state index contributed by atoms with van der Waals surface area (Å²) in [6.07, 6.45) is 1.89. The summed E-state index contributed by atoms with van der Waals surface area (Å²) in [6.45, 7) is 0.361. The van der Waals surface area contributed by atoms with Gasteiger partial charge in [-0.05, 0) is 12.0 Å². The lowest BCUT2D eigenvalue weighted by Crippen LogP contribution is -2.35. The summed E-state index contributed by atoms with van der Waals surface area (Å²) in [6, 6.07) is 9.46. The summed E-state index contributed by atoms with van der Waals surface area (Å²) < 4.78 is 0. The van der Waals surface area contributed by atoms with E-state index in [1.54, 1.807) is 0 Å². The maximum absolute atomic E-state index is 12.2. The van der Waals surface area contributed by atoms with Crippen molar-refractivity contribution in [3.8, 4) is 5.75 Å². The number of aromatic carboxylic acids is 1. The van der Waals surface area contributed by atoms with Gasteiger partial charge >= 0.3 is 5.97 Å². The lowest BCUT2D eigenvalue weighted by atomic mass is 10.00. The molecule has 3 rings (SSSR count). The van der Waals surface area contributed by atoms with Crippen LogP contribution in [0.2, 0.25) is 0 Å². The first-order valence-electron chi connectivity index (χ1n) is 6.86. The summed E-state index contributed by atoms with van der Waals surface area (Å²) in [7, 11) is 0. The molecule has 0 unspecified atom stereocenters. The molecule has 0 fully saturated rings. The largest absolute Gasteiger partial charge is 0.505 e. The highest BCUT2D eigenvalue weighted by Crippen LogP contribution is 2.36. The van der Waals surface area contributed by atoms with E-state index in [0.29, 0.717) is 24.2 Å². The molecule has 6 heteroatoms. The highest BCUT2D eigenvalue weighted by molar-refractivity contribution is 5.98. The zero-order chi connectivity index (χ0) is 15.7. The lowest BCUT2D eigenvalue weighted by molar-refractivity contribution is -0.119. The van der Waals surface area contributed by atoms with E-state index < -0.39 is 5.97 Å². The molecule has 1 aromatic carbocycles. The molecule has 1 aliphatic rings. The van der Waals surface area contributed by atoms with Crippen LogP contribution >= 0.6 is 0 Å². The Hall–Kier alpha value is -2.89. The summed E-state index contributed by atoms with van der Waals surface area (Å²) in [4.78, 5) is 28.5. The van der Waals surface area contributed by atoms with Crippen LogP contribution in [0.1, 0.15) is 28.0 Å². The minimum Gasteiger partial charge on any atom is -0.505 e. The van der Waals surface area contributed by atoms with E-state index in [9.17, 15) is 14.7 Å². The number of rotatable bonds is 3. The van der Waals surface area contributed by atoms with Crippen LogP contribution in [0.5, 0.6) is 5.75 Å². The van der Waals surface area contributed by atoms with Gasteiger partial charge in [0, 0.05) is 12.0 Å². The number of fused-ring (bicyclic) bond motifs is 1. The molecule has 1 aliphatic heterocycles. The minimum absolute atomic E-state index is 0.0689. The van der Waals surface area contributed by atoms with Crippen molar-refractivity contribution in [3.05, 3.63) is 53.3 Å². The second-order valence-electron chi connectivity index (χ2n) is 5.09. The number of carbonyl (C=O) groups excluding carboxylic acids is 1. The molecule has 112 valence electrons. The zero-order valence-electron chi connectivity index (χ0n) is 11.7. The number of aromatic nitrogens is 1. The van der Waals surface area contributed by atoms with E-state index in [-0.39, 0.29) is 23.8 Å². The normalized spacial score (nSPS) is 13.8. The van der Waals surface area contributed by atoms with Crippen molar-refractivity contribution < 1.29 is 19.8 Å². The van der Waals surface area contributed by atoms with Crippen molar-refractivity contribution in [1.82, 2.24) is 4.98 Å². The van der Waals surface area contributed by atoms with E-state index >= 15 is 0 Å². The smallest absolute Gasteiger partial charge is 0.358 e. The van der Waals surface area contributed by atoms with Crippen LogP contribution in [0, 0.1) is 0 Å². The number of hydrogen-bond acceptors (Lipinski definition) is 4. The van der Waals surface area contributed by atoms with Gasteiger partial charge in [0.15, 0.2) is 11.4 Å². The Morgan fingerprint density at radius 2 is 1.95 bits per heavy atom. The highest BCUT2D eigenvalue weighted by atomic mass is 16.4. The van der Waals surface area contributed by atoms with Crippen LogP contribution in [0.25, 0.3) is 0 Å². The van der Waals surface area contributed by atoms with Crippen molar-refractivity contribution in [2.75, 3.05) is 4.90 Å². The van der Waals surface area contributed by atoms with Crippen LogP contribution < -0.4 is 4.90 Å². The summed E-state index contributed by atoms with van der Waals surface area (Å²) >= 11 is 0. The molecule has 1 amide bonds. The van der Waals surface area contributed by atoms with Gasteiger partial charge in [-0.15, -0.1) is 0 Å². The van der Waals surface area contributed by atoms with Crippen LogP contribution in [-0.4, -0.2) is 27.1 Å². The first-order valence-corrected chi connectivity index (χ1v) is 6.86. The zero-order valence-corrected chi connectivity index (χ0v) is 11.7. The maximum Gasteiger partial charge on any atom is 0.358 e. The van der Waals surface area contributed by atoms with Gasteiger partial charge in [-0.3, -0.25) is 4.79 Å². The van der Waals surface area contributed by atoms with Crippen LogP contribution in [0.4, 0.5) is 5.69 Å². The fourth-order valence-corrected chi connectivity index (χ4v) is 2.61. The molecule has 0 radical (unpaired) electrons. The predicted molar refractivity (Wildman–Crippen MR) is 78.8 cm³/mol. The third kappa shape index (κ3) is 2.39.